The number of rotatable bonds is 2. The molecular formula is C24H21BrCl2N2. The number of nitrogens with one attached hydrogen (secondary N) is 1. The minimum absolute atomic E-state index is 0.742. The molecular weight excluding hydrogens is 467 g/mol. The lowest BCUT2D eigenvalue weighted by Gasteiger charge is -2.05. The lowest BCUT2D eigenvalue weighted by atomic mass is 10.3. The van der Waals surface area contributed by atoms with Crippen LogP contribution < -0.4 is 11.1 Å². The van der Waals surface area contributed by atoms with Gasteiger partial charge in [-0.25, -0.2) is 0 Å². The molecule has 0 radical (unpaired) electrons. The Labute approximate surface area is 190 Å². The molecule has 4 aromatic carbocycles. The quantitative estimate of drug-likeness (QED) is 0.278. The van der Waals surface area contributed by atoms with E-state index in [-0.39, 0.29) is 0 Å². The van der Waals surface area contributed by atoms with Gasteiger partial charge in [0.05, 0.1) is 0 Å². The van der Waals surface area contributed by atoms with E-state index in [0.717, 1.165) is 31.6 Å². The first kappa shape index (κ1) is 22.8. The number of anilines is 3. The first-order valence-corrected chi connectivity index (χ1v) is 10.4. The molecule has 0 unspecified atom stereocenters. The molecule has 0 saturated heterocycles. The fourth-order valence-electron chi connectivity index (χ4n) is 2.17. The van der Waals surface area contributed by atoms with Crippen molar-refractivity contribution in [1.82, 2.24) is 0 Å². The largest absolute Gasteiger partial charge is 0.399 e. The van der Waals surface area contributed by atoms with Crippen LogP contribution in [-0.4, -0.2) is 0 Å². The predicted octanol–water partition coefficient (Wildman–Crippen LogP) is 8.45. The van der Waals surface area contributed by atoms with E-state index < -0.39 is 0 Å². The van der Waals surface area contributed by atoms with E-state index >= 15 is 0 Å². The average Bonchev–Trinajstić information content (AvgIpc) is 2.70. The van der Waals surface area contributed by atoms with Crippen LogP contribution in [0.25, 0.3) is 0 Å². The summed E-state index contributed by atoms with van der Waals surface area (Å²) in [6.07, 6.45) is 0. The van der Waals surface area contributed by atoms with Gasteiger partial charge in [-0.3, -0.25) is 0 Å². The number of nitrogens with two attached hydrogens (primary N) is 1. The fourth-order valence-corrected chi connectivity index (χ4v) is 3.08. The van der Waals surface area contributed by atoms with Gasteiger partial charge in [0.2, 0.25) is 0 Å². The van der Waals surface area contributed by atoms with Gasteiger partial charge in [0, 0.05) is 31.6 Å². The van der Waals surface area contributed by atoms with Crippen LogP contribution in [0.1, 0.15) is 0 Å². The topological polar surface area (TPSA) is 38.0 Å². The summed E-state index contributed by atoms with van der Waals surface area (Å²) < 4.78 is 1.02. The summed E-state index contributed by atoms with van der Waals surface area (Å²) >= 11 is 14.8. The second-order valence-electron chi connectivity index (χ2n) is 5.85. The Bertz CT molecular complexity index is 963. The third-order valence-electron chi connectivity index (χ3n) is 3.47. The van der Waals surface area contributed by atoms with E-state index in [2.05, 4.69) is 21.2 Å². The first-order chi connectivity index (χ1) is 14.0. The van der Waals surface area contributed by atoms with Gasteiger partial charge in [-0.05, 0) is 60.7 Å². The highest BCUT2D eigenvalue weighted by Gasteiger charge is 1.93. The van der Waals surface area contributed by atoms with Gasteiger partial charge < -0.3 is 11.1 Å². The summed E-state index contributed by atoms with van der Waals surface area (Å²) in [5, 5.41) is 4.77. The van der Waals surface area contributed by atoms with Crippen LogP contribution in [0.4, 0.5) is 17.1 Å². The number of nitrogen functional groups attached to an aromatic ring is 1. The maximum absolute atomic E-state index is 5.87. The zero-order valence-electron chi connectivity index (χ0n) is 15.6. The molecule has 0 aromatic heterocycles. The van der Waals surface area contributed by atoms with Crippen LogP contribution in [0.15, 0.2) is 114 Å². The summed E-state index contributed by atoms with van der Waals surface area (Å²) in [5.41, 5.74) is 8.25. The van der Waals surface area contributed by atoms with Crippen LogP contribution in [0.2, 0.25) is 10.0 Å². The molecule has 0 fully saturated rings. The Hall–Kier alpha value is -2.46. The normalized spacial score (nSPS) is 9.34. The standard InChI is InChI=1S/C12H10ClN.C6H4BrCl.C6H7N/c13-10-5-4-8-12(9-10)14-11-6-2-1-3-7-11;7-5-2-1-3-6(8)4-5;7-6-4-2-1-3-5-6/h1-9,14H;1-4H;1-5H,7H2. The van der Waals surface area contributed by atoms with Gasteiger partial charge in [0.15, 0.2) is 0 Å². The smallest absolute Gasteiger partial charge is 0.0426 e. The Morgan fingerprint density at radius 2 is 1.10 bits per heavy atom. The fraction of sp³-hybridized carbons (Fsp3) is 0. The number of halogens is 3. The molecule has 0 atom stereocenters. The van der Waals surface area contributed by atoms with Crippen molar-refractivity contribution in [1.29, 1.82) is 0 Å². The zero-order chi connectivity index (χ0) is 20.9. The Balaban J connectivity index is 0.000000170. The lowest BCUT2D eigenvalue weighted by Crippen LogP contribution is -1.88. The molecule has 29 heavy (non-hydrogen) atoms. The van der Waals surface area contributed by atoms with E-state index in [1.54, 1.807) is 0 Å². The molecule has 2 nitrogen and oxygen atoms in total. The number of benzene rings is 4. The van der Waals surface area contributed by atoms with Gasteiger partial charge >= 0.3 is 0 Å². The van der Waals surface area contributed by atoms with Crippen molar-refractivity contribution in [2.75, 3.05) is 11.1 Å². The van der Waals surface area contributed by atoms with Crippen LogP contribution in [-0.2, 0) is 0 Å². The number of hydrogen-bond acceptors (Lipinski definition) is 2. The first-order valence-electron chi connectivity index (χ1n) is 8.82. The maximum Gasteiger partial charge on any atom is 0.0426 e. The van der Waals surface area contributed by atoms with Crippen molar-refractivity contribution in [2.45, 2.75) is 0 Å². The Morgan fingerprint density at radius 3 is 1.55 bits per heavy atom. The Kier molecular flexibility index (Phi) is 10.1. The monoisotopic (exact) mass is 486 g/mol. The minimum Gasteiger partial charge on any atom is -0.399 e. The van der Waals surface area contributed by atoms with Gasteiger partial charge in [0.1, 0.15) is 0 Å². The molecule has 0 heterocycles. The van der Waals surface area contributed by atoms with Gasteiger partial charge in [-0.15, -0.1) is 0 Å². The van der Waals surface area contributed by atoms with Crippen molar-refractivity contribution >= 4 is 56.2 Å². The molecule has 148 valence electrons. The highest BCUT2D eigenvalue weighted by Crippen LogP contribution is 2.19. The van der Waals surface area contributed by atoms with Gasteiger partial charge in [-0.2, -0.15) is 0 Å². The minimum atomic E-state index is 0.742. The van der Waals surface area contributed by atoms with E-state index in [1.807, 2.05) is 109 Å². The van der Waals surface area contributed by atoms with Gasteiger partial charge in [-0.1, -0.05) is 87.7 Å². The van der Waals surface area contributed by atoms with Crippen molar-refractivity contribution in [3.05, 3.63) is 124 Å². The van der Waals surface area contributed by atoms with Crippen LogP contribution in [0.5, 0.6) is 0 Å². The van der Waals surface area contributed by atoms with Crippen LogP contribution in [0.3, 0.4) is 0 Å². The zero-order valence-corrected chi connectivity index (χ0v) is 18.7. The molecule has 5 heteroatoms. The second-order valence-corrected chi connectivity index (χ2v) is 7.64. The summed E-state index contributed by atoms with van der Waals surface area (Å²) in [5.74, 6) is 0. The van der Waals surface area contributed by atoms with Crippen LogP contribution >= 0.6 is 39.1 Å². The molecule has 0 aliphatic rings. The van der Waals surface area contributed by atoms with Crippen LogP contribution in [0, 0.1) is 0 Å². The van der Waals surface area contributed by atoms with E-state index in [0.29, 0.717) is 0 Å². The summed E-state index contributed by atoms with van der Waals surface area (Å²) in [7, 11) is 0. The summed E-state index contributed by atoms with van der Waals surface area (Å²) in [4.78, 5) is 0. The van der Waals surface area contributed by atoms with Crippen molar-refractivity contribution in [2.24, 2.45) is 0 Å². The molecule has 4 aromatic rings. The molecule has 0 spiro atoms. The molecule has 3 N–H and O–H groups in total. The molecule has 0 aliphatic carbocycles. The van der Waals surface area contributed by atoms with E-state index in [1.165, 1.54) is 0 Å². The molecule has 0 amide bonds. The average molecular weight is 488 g/mol. The number of para-hydroxylation sites is 2. The highest BCUT2D eigenvalue weighted by molar-refractivity contribution is 9.10. The van der Waals surface area contributed by atoms with E-state index in [9.17, 15) is 0 Å². The molecule has 0 aliphatic heterocycles. The predicted molar refractivity (Wildman–Crippen MR) is 131 cm³/mol. The lowest BCUT2D eigenvalue weighted by molar-refractivity contribution is 1.55. The number of hydrogen-bond donors (Lipinski definition) is 2. The van der Waals surface area contributed by atoms with Crippen molar-refractivity contribution in [3.63, 3.8) is 0 Å². The molecule has 0 bridgehead atoms. The second kappa shape index (κ2) is 12.9. The van der Waals surface area contributed by atoms with Gasteiger partial charge in [0.25, 0.3) is 0 Å². The molecule has 4 rings (SSSR count). The maximum atomic E-state index is 5.87. The van der Waals surface area contributed by atoms with E-state index in [4.69, 9.17) is 28.9 Å². The summed E-state index contributed by atoms with van der Waals surface area (Å²) in [6, 6.07) is 34.7. The third-order valence-corrected chi connectivity index (χ3v) is 4.44. The van der Waals surface area contributed by atoms with Crippen molar-refractivity contribution in [3.8, 4) is 0 Å². The molecule has 0 saturated carbocycles. The Morgan fingerprint density at radius 1 is 0.586 bits per heavy atom. The highest BCUT2D eigenvalue weighted by atomic mass is 79.9. The third kappa shape index (κ3) is 10.0. The SMILES string of the molecule is Clc1cccc(Br)c1.Clc1cccc(Nc2ccccc2)c1.Nc1ccccc1. The summed E-state index contributed by atoms with van der Waals surface area (Å²) in [6.45, 7) is 0. The van der Waals surface area contributed by atoms with Crippen molar-refractivity contribution < 1.29 is 0 Å².